The number of amides is 2. The number of nitrogens with one attached hydrogen (secondary N) is 1. The first-order valence-electron chi connectivity index (χ1n) is 9.84. The minimum Gasteiger partial charge on any atom is -0.453 e. The summed E-state index contributed by atoms with van der Waals surface area (Å²) in [7, 11) is 2.81. The lowest BCUT2D eigenvalue weighted by molar-refractivity contribution is -0.0241. The number of methoxy groups -OCH3 is 1. The van der Waals surface area contributed by atoms with Crippen LogP contribution in [0.4, 0.5) is 9.18 Å². The molecule has 3 aromatic heterocycles. The number of aromatic nitrogens is 2. The Morgan fingerprint density at radius 1 is 1.45 bits per heavy atom. The molecule has 0 saturated carbocycles. The zero-order chi connectivity index (χ0) is 22.1. The maximum atomic E-state index is 15.1. The monoisotopic (exact) mass is 446 g/mol. The molecule has 10 heteroatoms. The van der Waals surface area contributed by atoms with Crippen molar-refractivity contribution in [2.45, 2.75) is 19.4 Å². The highest BCUT2D eigenvalue weighted by Gasteiger charge is 2.29. The highest BCUT2D eigenvalue weighted by Crippen LogP contribution is 2.35. The van der Waals surface area contributed by atoms with Crippen LogP contribution in [0, 0.1) is 12.7 Å². The number of halogens is 1. The molecule has 164 valence electrons. The van der Waals surface area contributed by atoms with Crippen LogP contribution in [0.5, 0.6) is 0 Å². The van der Waals surface area contributed by atoms with Gasteiger partial charge in [0.1, 0.15) is 11.3 Å². The molecule has 0 aliphatic carbocycles. The van der Waals surface area contributed by atoms with Gasteiger partial charge in [-0.05, 0) is 24.6 Å². The number of carbonyl (C=O) groups excluding carboxylic acids is 2. The van der Waals surface area contributed by atoms with Crippen LogP contribution in [0.1, 0.15) is 21.6 Å². The zero-order valence-corrected chi connectivity index (χ0v) is 18.3. The van der Waals surface area contributed by atoms with Gasteiger partial charge in [0.25, 0.3) is 5.91 Å². The molecule has 8 nitrogen and oxygen atoms in total. The Morgan fingerprint density at radius 2 is 2.26 bits per heavy atom. The number of ether oxygens (including phenoxy) is 2. The number of fused-ring (bicyclic) bond motifs is 1. The van der Waals surface area contributed by atoms with Crippen molar-refractivity contribution in [2.75, 3.05) is 33.9 Å². The Balaban J connectivity index is 1.75. The fraction of sp³-hybridized carbons (Fsp3) is 0.381. The van der Waals surface area contributed by atoms with Gasteiger partial charge in [-0.1, -0.05) is 0 Å². The van der Waals surface area contributed by atoms with Gasteiger partial charge < -0.3 is 24.1 Å². The molecule has 1 aliphatic rings. The fourth-order valence-corrected chi connectivity index (χ4v) is 4.65. The lowest BCUT2D eigenvalue weighted by atomic mass is 10.1. The highest BCUT2D eigenvalue weighted by atomic mass is 32.1. The summed E-state index contributed by atoms with van der Waals surface area (Å²) in [5, 5.41) is 3.95. The molecule has 1 aliphatic heterocycles. The van der Waals surface area contributed by atoms with Gasteiger partial charge in [0.05, 0.1) is 42.5 Å². The van der Waals surface area contributed by atoms with Gasteiger partial charge in [-0.15, -0.1) is 11.3 Å². The Hall–Kier alpha value is -2.98. The van der Waals surface area contributed by atoms with Gasteiger partial charge in [-0.25, -0.2) is 14.2 Å². The Bertz CT molecular complexity index is 1140. The van der Waals surface area contributed by atoms with Crippen molar-refractivity contribution < 1.29 is 23.5 Å². The molecule has 1 N–H and O–H groups in total. The average molecular weight is 447 g/mol. The van der Waals surface area contributed by atoms with E-state index < -0.39 is 17.8 Å². The molecule has 0 spiro atoms. The molecule has 0 aromatic carbocycles. The maximum absolute atomic E-state index is 15.1. The topological polar surface area (TPSA) is 85.2 Å². The third-order valence-corrected chi connectivity index (χ3v) is 6.25. The first-order chi connectivity index (χ1) is 14.9. The lowest BCUT2D eigenvalue weighted by Gasteiger charge is -2.32. The fourth-order valence-electron chi connectivity index (χ4n) is 3.72. The van der Waals surface area contributed by atoms with Crippen molar-refractivity contribution in [2.24, 2.45) is 0 Å². The average Bonchev–Trinajstić information content (AvgIpc) is 3.32. The van der Waals surface area contributed by atoms with Crippen LogP contribution in [-0.4, -0.2) is 66.2 Å². The van der Waals surface area contributed by atoms with E-state index in [2.05, 4.69) is 10.3 Å². The van der Waals surface area contributed by atoms with Crippen molar-refractivity contribution in [3.05, 3.63) is 46.3 Å². The molecule has 1 atom stereocenters. The van der Waals surface area contributed by atoms with Crippen LogP contribution in [0.25, 0.3) is 16.2 Å². The van der Waals surface area contributed by atoms with Crippen LogP contribution < -0.4 is 5.32 Å². The summed E-state index contributed by atoms with van der Waals surface area (Å²) in [5.74, 6) is -1.07. The normalized spacial score (nSPS) is 16.5. The van der Waals surface area contributed by atoms with Gasteiger partial charge in [-0.2, -0.15) is 0 Å². The van der Waals surface area contributed by atoms with E-state index in [1.807, 2.05) is 29.7 Å². The van der Waals surface area contributed by atoms with E-state index in [1.165, 1.54) is 19.5 Å². The number of aryl methyl sites for hydroxylation is 1. The molecule has 3 aromatic rings. The van der Waals surface area contributed by atoms with Crippen molar-refractivity contribution in [3.8, 4) is 10.6 Å². The van der Waals surface area contributed by atoms with Gasteiger partial charge in [0.15, 0.2) is 5.82 Å². The molecule has 4 rings (SSSR count). The third-order valence-electron chi connectivity index (χ3n) is 5.29. The Morgan fingerprint density at radius 3 is 3.00 bits per heavy atom. The summed E-state index contributed by atoms with van der Waals surface area (Å²) in [6.45, 7) is 3.17. The van der Waals surface area contributed by atoms with E-state index in [1.54, 1.807) is 4.90 Å². The standard InChI is InChI=1S/C21H23FN4O4S/c1-12-4-5-26-15(9-13-10-25(6-7-30-13)21(28)29-3)18(24-16(26)8-12)19-17(22)14(11-31-19)20(27)23-2/h4-5,8,11,13H,6-7,9-10H2,1-3H3,(H,23,27). The second-order valence-corrected chi connectivity index (χ2v) is 8.20. The summed E-state index contributed by atoms with van der Waals surface area (Å²) >= 11 is 1.14. The summed E-state index contributed by atoms with van der Waals surface area (Å²) in [4.78, 5) is 30.5. The number of morpholine rings is 1. The number of carbonyl (C=O) groups is 2. The molecular weight excluding hydrogens is 423 g/mol. The van der Waals surface area contributed by atoms with Gasteiger partial charge >= 0.3 is 6.09 Å². The van der Waals surface area contributed by atoms with Gasteiger partial charge in [-0.3, -0.25) is 4.79 Å². The second kappa shape index (κ2) is 8.64. The van der Waals surface area contributed by atoms with E-state index in [0.717, 1.165) is 22.6 Å². The number of thiophene rings is 1. The number of hydrogen-bond acceptors (Lipinski definition) is 6. The molecule has 1 unspecified atom stereocenters. The summed E-state index contributed by atoms with van der Waals surface area (Å²) in [6.07, 6.45) is 1.61. The lowest BCUT2D eigenvalue weighted by Crippen LogP contribution is -2.46. The Kier molecular flexibility index (Phi) is 5.92. The predicted molar refractivity (Wildman–Crippen MR) is 114 cm³/mol. The first kappa shape index (κ1) is 21.3. The summed E-state index contributed by atoms with van der Waals surface area (Å²) < 4.78 is 27.8. The largest absolute Gasteiger partial charge is 0.453 e. The third kappa shape index (κ3) is 4.00. The first-order valence-corrected chi connectivity index (χ1v) is 10.7. The number of pyridine rings is 1. The van der Waals surface area contributed by atoms with Gasteiger partial charge in [0.2, 0.25) is 0 Å². The van der Waals surface area contributed by atoms with Gasteiger partial charge in [0, 0.05) is 31.6 Å². The van der Waals surface area contributed by atoms with E-state index in [0.29, 0.717) is 42.3 Å². The minimum atomic E-state index is -0.591. The van der Waals surface area contributed by atoms with Crippen LogP contribution in [0.3, 0.4) is 0 Å². The minimum absolute atomic E-state index is 0.00697. The molecular formula is C21H23FN4O4S. The maximum Gasteiger partial charge on any atom is 0.409 e. The van der Waals surface area contributed by atoms with Crippen molar-refractivity contribution in [3.63, 3.8) is 0 Å². The smallest absolute Gasteiger partial charge is 0.409 e. The number of imidazole rings is 1. The molecule has 1 saturated heterocycles. The summed E-state index contributed by atoms with van der Waals surface area (Å²) in [6, 6.07) is 3.87. The van der Waals surface area contributed by atoms with E-state index in [4.69, 9.17) is 9.47 Å². The van der Waals surface area contributed by atoms with Crippen molar-refractivity contribution in [1.82, 2.24) is 19.6 Å². The van der Waals surface area contributed by atoms with Crippen LogP contribution in [0.2, 0.25) is 0 Å². The van der Waals surface area contributed by atoms with E-state index >= 15 is 4.39 Å². The second-order valence-electron chi connectivity index (χ2n) is 7.32. The zero-order valence-electron chi connectivity index (χ0n) is 17.5. The van der Waals surface area contributed by atoms with Crippen LogP contribution in [-0.2, 0) is 15.9 Å². The molecule has 0 radical (unpaired) electrons. The van der Waals surface area contributed by atoms with Crippen LogP contribution in [0.15, 0.2) is 23.7 Å². The summed E-state index contributed by atoms with van der Waals surface area (Å²) in [5.41, 5.74) is 2.93. The molecule has 4 heterocycles. The van der Waals surface area contributed by atoms with E-state index in [9.17, 15) is 9.59 Å². The number of nitrogens with zero attached hydrogens (tertiary/aromatic N) is 3. The molecule has 0 bridgehead atoms. The van der Waals surface area contributed by atoms with Crippen LogP contribution >= 0.6 is 11.3 Å². The SMILES string of the molecule is CNC(=O)c1csc(-c2nc3cc(C)ccn3c2CC2CN(C(=O)OC)CCO2)c1F. The predicted octanol–water partition coefficient (Wildman–Crippen LogP) is 2.88. The van der Waals surface area contributed by atoms with Crippen molar-refractivity contribution in [1.29, 1.82) is 0 Å². The van der Waals surface area contributed by atoms with Crippen molar-refractivity contribution >= 4 is 29.0 Å². The molecule has 2 amide bonds. The van der Waals surface area contributed by atoms with E-state index in [-0.39, 0.29) is 11.7 Å². The number of rotatable bonds is 4. The molecule has 31 heavy (non-hydrogen) atoms. The molecule has 1 fully saturated rings. The number of hydrogen-bond donors (Lipinski definition) is 1. The quantitative estimate of drug-likeness (QED) is 0.666. The Labute approximate surface area is 182 Å². The highest BCUT2D eigenvalue weighted by molar-refractivity contribution is 7.13.